The van der Waals surface area contributed by atoms with Crippen molar-refractivity contribution < 1.29 is 27.5 Å². The Balaban J connectivity index is 2.22. The summed E-state index contributed by atoms with van der Waals surface area (Å²) in [5.41, 5.74) is -0.275. The molecule has 0 spiro atoms. The van der Waals surface area contributed by atoms with Crippen LogP contribution in [0.1, 0.15) is 13.3 Å². The maximum absolute atomic E-state index is 14.0. The zero-order valence-corrected chi connectivity index (χ0v) is 15.6. The number of benzene rings is 1. The van der Waals surface area contributed by atoms with Crippen molar-refractivity contribution in [2.45, 2.75) is 18.2 Å². The molecule has 1 saturated heterocycles. The van der Waals surface area contributed by atoms with E-state index in [1.165, 1.54) is 19.0 Å². The van der Waals surface area contributed by atoms with Gasteiger partial charge in [-0.1, -0.05) is 6.92 Å². The van der Waals surface area contributed by atoms with Crippen molar-refractivity contribution in [1.82, 2.24) is 9.21 Å². The third kappa shape index (κ3) is 4.31. The first-order valence-corrected chi connectivity index (χ1v) is 9.47. The summed E-state index contributed by atoms with van der Waals surface area (Å²) < 4.78 is 39.3. The molecule has 26 heavy (non-hydrogen) atoms. The van der Waals surface area contributed by atoms with Gasteiger partial charge in [-0.3, -0.25) is 4.79 Å². The Hall–Kier alpha value is -2.20. The first kappa shape index (κ1) is 20.1. The highest BCUT2D eigenvalue weighted by Gasteiger charge is 2.32. The lowest BCUT2D eigenvalue weighted by Crippen LogP contribution is -2.47. The molecule has 2 atom stereocenters. The summed E-state index contributed by atoms with van der Waals surface area (Å²) in [6, 6.07) is 2.46. The van der Waals surface area contributed by atoms with E-state index in [1.807, 2.05) is 6.92 Å². The normalized spacial score (nSPS) is 20.9. The van der Waals surface area contributed by atoms with Crippen LogP contribution in [0.4, 0.5) is 14.9 Å². The number of carboxylic acid groups (broad SMARTS) is 1. The van der Waals surface area contributed by atoms with E-state index < -0.39 is 33.8 Å². The van der Waals surface area contributed by atoms with Crippen LogP contribution in [0.3, 0.4) is 0 Å². The second-order valence-corrected chi connectivity index (χ2v) is 8.79. The molecule has 1 aromatic carbocycles. The number of nitrogens with zero attached hydrogens (tertiary/aromatic N) is 2. The van der Waals surface area contributed by atoms with Gasteiger partial charge in [0.05, 0.1) is 16.5 Å². The lowest BCUT2D eigenvalue weighted by Gasteiger charge is -2.34. The van der Waals surface area contributed by atoms with Gasteiger partial charge in [-0.2, -0.15) is 0 Å². The summed E-state index contributed by atoms with van der Waals surface area (Å²) in [4.78, 5) is 24.8. The first-order chi connectivity index (χ1) is 12.0. The highest BCUT2D eigenvalue weighted by atomic mass is 32.2. The van der Waals surface area contributed by atoms with Gasteiger partial charge in [0.2, 0.25) is 10.0 Å². The molecule has 0 radical (unpaired) electrons. The van der Waals surface area contributed by atoms with Gasteiger partial charge in [-0.05, 0) is 30.5 Å². The minimum atomic E-state index is -3.78. The van der Waals surface area contributed by atoms with Crippen LogP contribution in [0.15, 0.2) is 23.1 Å². The summed E-state index contributed by atoms with van der Waals surface area (Å²) in [6.45, 7) is 2.19. The summed E-state index contributed by atoms with van der Waals surface area (Å²) in [5, 5.41) is 11.5. The van der Waals surface area contributed by atoms with Crippen molar-refractivity contribution in [2.24, 2.45) is 11.8 Å². The number of rotatable bonds is 4. The van der Waals surface area contributed by atoms with Gasteiger partial charge in [0, 0.05) is 27.2 Å². The van der Waals surface area contributed by atoms with Crippen LogP contribution in [0.25, 0.3) is 0 Å². The molecule has 0 aliphatic carbocycles. The minimum Gasteiger partial charge on any atom is -0.481 e. The summed E-state index contributed by atoms with van der Waals surface area (Å²) in [7, 11) is -1.09. The molecule has 2 unspecified atom stereocenters. The van der Waals surface area contributed by atoms with Gasteiger partial charge in [0.25, 0.3) is 0 Å². The highest BCUT2D eigenvalue weighted by molar-refractivity contribution is 7.89. The summed E-state index contributed by atoms with van der Waals surface area (Å²) in [6.07, 6.45) is 0.462. The number of halogens is 1. The van der Waals surface area contributed by atoms with Crippen molar-refractivity contribution in [2.75, 3.05) is 32.5 Å². The predicted octanol–water partition coefficient (Wildman–Crippen LogP) is 1.65. The SMILES string of the molecule is CC1CC(C(=O)O)CN(C(=O)Nc2cc(S(=O)(=O)N(C)C)ccc2F)C1. The average molecular weight is 387 g/mol. The van der Waals surface area contributed by atoms with Crippen LogP contribution < -0.4 is 5.32 Å². The second kappa shape index (κ2) is 7.58. The molecule has 1 fully saturated rings. The van der Waals surface area contributed by atoms with Crippen LogP contribution in [0, 0.1) is 17.7 Å². The van der Waals surface area contributed by atoms with Crippen LogP contribution >= 0.6 is 0 Å². The maximum Gasteiger partial charge on any atom is 0.321 e. The van der Waals surface area contributed by atoms with Crippen molar-refractivity contribution in [3.63, 3.8) is 0 Å². The van der Waals surface area contributed by atoms with Crippen LogP contribution in [-0.4, -0.2) is 61.9 Å². The lowest BCUT2D eigenvalue weighted by atomic mass is 9.91. The Morgan fingerprint density at radius 1 is 1.31 bits per heavy atom. The molecule has 1 heterocycles. The third-order valence-electron chi connectivity index (χ3n) is 4.25. The van der Waals surface area contributed by atoms with E-state index in [2.05, 4.69) is 5.32 Å². The number of nitrogens with one attached hydrogen (secondary N) is 1. The molecule has 2 amide bonds. The molecule has 1 aromatic rings. The Bertz CT molecular complexity index is 812. The number of sulfonamides is 1. The molecule has 0 saturated carbocycles. The van der Waals surface area contributed by atoms with Crippen molar-refractivity contribution in [1.29, 1.82) is 0 Å². The number of piperidine rings is 1. The van der Waals surface area contributed by atoms with Crippen LogP contribution in [0.2, 0.25) is 0 Å². The number of carbonyl (C=O) groups is 2. The van der Waals surface area contributed by atoms with Gasteiger partial charge in [-0.15, -0.1) is 0 Å². The predicted molar refractivity (Wildman–Crippen MR) is 92.8 cm³/mol. The fraction of sp³-hybridized carbons (Fsp3) is 0.500. The summed E-state index contributed by atoms with van der Waals surface area (Å²) in [5.74, 6) is -2.47. The van der Waals surface area contributed by atoms with Gasteiger partial charge in [-0.25, -0.2) is 21.9 Å². The van der Waals surface area contributed by atoms with Crippen molar-refractivity contribution >= 4 is 27.7 Å². The largest absolute Gasteiger partial charge is 0.481 e. The van der Waals surface area contributed by atoms with E-state index in [9.17, 15) is 27.5 Å². The van der Waals surface area contributed by atoms with E-state index in [-0.39, 0.29) is 23.0 Å². The van der Waals surface area contributed by atoms with Gasteiger partial charge < -0.3 is 15.3 Å². The number of urea groups is 1. The molecule has 144 valence electrons. The van der Waals surface area contributed by atoms with E-state index in [0.29, 0.717) is 13.0 Å². The Morgan fingerprint density at radius 3 is 2.54 bits per heavy atom. The number of hydrogen-bond acceptors (Lipinski definition) is 4. The molecule has 8 nitrogen and oxygen atoms in total. The zero-order chi connectivity index (χ0) is 19.6. The van der Waals surface area contributed by atoms with Gasteiger partial charge in [0.15, 0.2) is 0 Å². The Labute approximate surface area is 151 Å². The number of likely N-dealkylation sites (tertiary alicyclic amines) is 1. The number of hydrogen-bond donors (Lipinski definition) is 2. The Kier molecular flexibility index (Phi) is 5.87. The molecule has 1 aliphatic rings. The average Bonchev–Trinajstić information content (AvgIpc) is 2.55. The van der Waals surface area contributed by atoms with Crippen LogP contribution in [-0.2, 0) is 14.8 Å². The zero-order valence-electron chi connectivity index (χ0n) is 14.8. The number of carboxylic acids is 1. The molecular weight excluding hydrogens is 365 g/mol. The molecule has 0 aromatic heterocycles. The molecule has 0 bridgehead atoms. The van der Waals surface area contributed by atoms with E-state index in [1.54, 1.807) is 0 Å². The second-order valence-electron chi connectivity index (χ2n) is 6.64. The number of aliphatic carboxylic acids is 1. The van der Waals surface area contributed by atoms with E-state index >= 15 is 0 Å². The smallest absolute Gasteiger partial charge is 0.321 e. The van der Waals surface area contributed by atoms with E-state index in [4.69, 9.17) is 0 Å². The summed E-state index contributed by atoms with van der Waals surface area (Å²) >= 11 is 0. The molecule has 2 N–H and O–H groups in total. The van der Waals surface area contributed by atoms with Crippen molar-refractivity contribution in [3.05, 3.63) is 24.0 Å². The number of carbonyl (C=O) groups excluding carboxylic acids is 1. The lowest BCUT2D eigenvalue weighted by molar-refractivity contribution is -0.143. The van der Waals surface area contributed by atoms with Gasteiger partial charge >= 0.3 is 12.0 Å². The van der Waals surface area contributed by atoms with Crippen molar-refractivity contribution in [3.8, 4) is 0 Å². The molecule has 10 heteroatoms. The topological polar surface area (TPSA) is 107 Å². The Morgan fingerprint density at radius 2 is 1.96 bits per heavy atom. The minimum absolute atomic E-state index is 0.0131. The molecule has 1 aliphatic heterocycles. The standard InChI is InChI=1S/C16H22FN3O5S/c1-10-6-11(15(21)22)9-20(8-10)16(23)18-14-7-12(4-5-13(14)17)26(24,25)19(2)3/h4-5,7,10-11H,6,8-9H2,1-3H3,(H,18,23)(H,21,22). The molecule has 2 rings (SSSR count). The van der Waals surface area contributed by atoms with Crippen LogP contribution in [0.5, 0.6) is 0 Å². The number of anilines is 1. The quantitative estimate of drug-likeness (QED) is 0.817. The highest BCUT2D eigenvalue weighted by Crippen LogP contribution is 2.25. The fourth-order valence-electron chi connectivity index (χ4n) is 2.86. The fourth-order valence-corrected chi connectivity index (χ4v) is 3.79. The van der Waals surface area contributed by atoms with Gasteiger partial charge in [0.1, 0.15) is 5.82 Å². The maximum atomic E-state index is 14.0. The number of amides is 2. The third-order valence-corrected chi connectivity index (χ3v) is 6.07. The van der Waals surface area contributed by atoms with E-state index in [0.717, 1.165) is 22.5 Å². The molecular formula is C16H22FN3O5S. The monoisotopic (exact) mass is 387 g/mol. The first-order valence-electron chi connectivity index (χ1n) is 8.03.